The van der Waals surface area contributed by atoms with E-state index in [4.69, 9.17) is 27.9 Å². The Morgan fingerprint density at radius 2 is 1.82 bits per heavy atom. The van der Waals surface area contributed by atoms with E-state index in [1.165, 1.54) is 0 Å². The Balaban J connectivity index is 2.10. The van der Waals surface area contributed by atoms with Gasteiger partial charge in [0.2, 0.25) is 0 Å². The lowest BCUT2D eigenvalue weighted by Crippen LogP contribution is -1.96. The number of halogens is 3. The molecule has 0 aliphatic carbocycles. The van der Waals surface area contributed by atoms with Crippen molar-refractivity contribution in [3.63, 3.8) is 0 Å². The summed E-state index contributed by atoms with van der Waals surface area (Å²) in [6.45, 7) is 0.461. The molecule has 0 unspecified atom stereocenters. The zero-order valence-corrected chi connectivity index (χ0v) is 11.9. The summed E-state index contributed by atoms with van der Waals surface area (Å²) in [5, 5.41) is 1.12. The largest absolute Gasteiger partial charge is 0.487 e. The first-order chi connectivity index (χ1) is 8.16. The molecule has 0 spiro atoms. The van der Waals surface area contributed by atoms with Gasteiger partial charge in [-0.15, -0.1) is 0 Å². The normalized spacial score (nSPS) is 10.3. The minimum Gasteiger partial charge on any atom is -0.487 e. The van der Waals surface area contributed by atoms with Crippen molar-refractivity contribution in [2.45, 2.75) is 6.61 Å². The molecule has 1 nitrogen and oxygen atoms in total. The van der Waals surface area contributed by atoms with Gasteiger partial charge >= 0.3 is 0 Å². The third kappa shape index (κ3) is 3.38. The monoisotopic (exact) mass is 330 g/mol. The van der Waals surface area contributed by atoms with Crippen LogP contribution in [0.5, 0.6) is 5.75 Å². The molecule has 0 fully saturated rings. The van der Waals surface area contributed by atoms with E-state index in [0.717, 1.165) is 10.0 Å². The number of hydrogen-bond acceptors (Lipinski definition) is 1. The fourth-order valence-electron chi connectivity index (χ4n) is 1.36. The van der Waals surface area contributed by atoms with E-state index in [1.807, 2.05) is 24.3 Å². The molecule has 0 radical (unpaired) electrons. The Morgan fingerprint density at radius 1 is 1.06 bits per heavy atom. The van der Waals surface area contributed by atoms with Gasteiger partial charge in [-0.1, -0.05) is 57.3 Å². The van der Waals surface area contributed by atoms with E-state index in [0.29, 0.717) is 22.4 Å². The van der Waals surface area contributed by atoms with E-state index < -0.39 is 0 Å². The highest BCUT2D eigenvalue weighted by atomic mass is 79.9. The SMILES string of the molecule is Clc1ccc(OCc2ccccc2Br)c(Cl)c1. The lowest BCUT2D eigenvalue weighted by molar-refractivity contribution is 0.305. The van der Waals surface area contributed by atoms with Gasteiger partial charge in [-0.3, -0.25) is 0 Å². The van der Waals surface area contributed by atoms with E-state index in [9.17, 15) is 0 Å². The zero-order chi connectivity index (χ0) is 12.3. The van der Waals surface area contributed by atoms with E-state index in [2.05, 4.69) is 15.9 Å². The van der Waals surface area contributed by atoms with Crippen molar-refractivity contribution in [2.24, 2.45) is 0 Å². The number of hydrogen-bond donors (Lipinski definition) is 0. The fraction of sp³-hybridized carbons (Fsp3) is 0.0769. The van der Waals surface area contributed by atoms with Crippen LogP contribution in [0.25, 0.3) is 0 Å². The van der Waals surface area contributed by atoms with Gasteiger partial charge in [0, 0.05) is 15.1 Å². The lowest BCUT2D eigenvalue weighted by atomic mass is 10.2. The first-order valence-corrected chi connectivity index (χ1v) is 6.53. The van der Waals surface area contributed by atoms with Crippen LogP contribution in [0.2, 0.25) is 10.0 Å². The number of ether oxygens (including phenoxy) is 1. The molecule has 0 bridgehead atoms. The molecular formula is C13H9BrCl2O. The maximum absolute atomic E-state index is 6.01. The third-order valence-electron chi connectivity index (χ3n) is 2.23. The van der Waals surface area contributed by atoms with E-state index in [-0.39, 0.29) is 0 Å². The number of rotatable bonds is 3. The number of benzene rings is 2. The molecule has 88 valence electrons. The summed E-state index contributed by atoms with van der Waals surface area (Å²) in [7, 11) is 0. The topological polar surface area (TPSA) is 9.23 Å². The molecule has 17 heavy (non-hydrogen) atoms. The Hall–Kier alpha value is -0.700. The average molecular weight is 332 g/mol. The lowest BCUT2D eigenvalue weighted by Gasteiger charge is -2.09. The van der Waals surface area contributed by atoms with Crippen LogP contribution in [-0.4, -0.2) is 0 Å². The molecule has 0 saturated carbocycles. The van der Waals surface area contributed by atoms with Gasteiger partial charge in [-0.05, 0) is 24.3 Å². The molecule has 0 aliphatic rings. The van der Waals surface area contributed by atoms with Crippen LogP contribution in [0.1, 0.15) is 5.56 Å². The van der Waals surface area contributed by atoms with Crippen molar-refractivity contribution in [2.75, 3.05) is 0 Å². The fourth-order valence-corrected chi connectivity index (χ4v) is 2.23. The standard InChI is InChI=1S/C13H9BrCl2O/c14-11-4-2-1-3-9(11)8-17-13-6-5-10(15)7-12(13)16/h1-7H,8H2. The van der Waals surface area contributed by atoms with Crippen LogP contribution >= 0.6 is 39.1 Å². The molecule has 0 aliphatic heterocycles. The highest BCUT2D eigenvalue weighted by Gasteiger charge is 2.04. The minimum absolute atomic E-state index is 0.461. The van der Waals surface area contributed by atoms with Gasteiger partial charge in [0.15, 0.2) is 0 Å². The maximum Gasteiger partial charge on any atom is 0.138 e. The molecule has 2 aromatic rings. The summed E-state index contributed by atoms with van der Waals surface area (Å²) in [5.74, 6) is 0.631. The van der Waals surface area contributed by atoms with Crippen molar-refractivity contribution in [3.05, 3.63) is 62.5 Å². The predicted octanol–water partition coefficient (Wildman–Crippen LogP) is 5.33. The molecule has 2 aromatic carbocycles. The summed E-state index contributed by atoms with van der Waals surface area (Å²) in [6.07, 6.45) is 0. The quantitative estimate of drug-likeness (QED) is 0.738. The first kappa shape index (κ1) is 12.7. The molecule has 0 amide bonds. The molecular weight excluding hydrogens is 323 g/mol. The van der Waals surface area contributed by atoms with Gasteiger partial charge in [-0.2, -0.15) is 0 Å². The van der Waals surface area contributed by atoms with Crippen molar-refractivity contribution in [1.29, 1.82) is 0 Å². The van der Waals surface area contributed by atoms with Gasteiger partial charge in [0.05, 0.1) is 5.02 Å². The average Bonchev–Trinajstić information content (AvgIpc) is 2.30. The third-order valence-corrected chi connectivity index (χ3v) is 3.54. The smallest absolute Gasteiger partial charge is 0.138 e. The van der Waals surface area contributed by atoms with E-state index in [1.54, 1.807) is 18.2 Å². The molecule has 0 N–H and O–H groups in total. The van der Waals surface area contributed by atoms with Crippen LogP contribution in [-0.2, 0) is 6.61 Å². The second kappa shape index (κ2) is 5.76. The Kier molecular flexibility index (Phi) is 4.32. The molecule has 2 rings (SSSR count). The van der Waals surface area contributed by atoms with Crippen LogP contribution in [0.3, 0.4) is 0 Å². The van der Waals surface area contributed by atoms with Crippen molar-refractivity contribution in [1.82, 2.24) is 0 Å². The Labute approximate surface area is 118 Å². The Bertz CT molecular complexity index is 529. The second-order valence-corrected chi connectivity index (χ2v) is 5.15. The Morgan fingerprint density at radius 3 is 2.53 bits per heavy atom. The van der Waals surface area contributed by atoms with Crippen LogP contribution in [0.4, 0.5) is 0 Å². The van der Waals surface area contributed by atoms with Crippen molar-refractivity contribution >= 4 is 39.1 Å². The van der Waals surface area contributed by atoms with Gasteiger partial charge in [-0.25, -0.2) is 0 Å². The molecule has 0 aromatic heterocycles. The minimum atomic E-state index is 0.461. The highest BCUT2D eigenvalue weighted by Crippen LogP contribution is 2.28. The zero-order valence-electron chi connectivity index (χ0n) is 8.79. The van der Waals surface area contributed by atoms with Crippen LogP contribution < -0.4 is 4.74 Å². The van der Waals surface area contributed by atoms with Crippen LogP contribution in [0.15, 0.2) is 46.9 Å². The molecule has 0 heterocycles. The first-order valence-electron chi connectivity index (χ1n) is 4.98. The summed E-state index contributed by atoms with van der Waals surface area (Å²) in [6, 6.07) is 13.1. The van der Waals surface area contributed by atoms with E-state index >= 15 is 0 Å². The summed E-state index contributed by atoms with van der Waals surface area (Å²) in [4.78, 5) is 0. The molecule has 4 heteroatoms. The summed E-state index contributed by atoms with van der Waals surface area (Å²) < 4.78 is 6.66. The van der Waals surface area contributed by atoms with Gasteiger partial charge in [0.1, 0.15) is 12.4 Å². The second-order valence-electron chi connectivity index (χ2n) is 3.45. The van der Waals surface area contributed by atoms with Gasteiger partial charge in [0.25, 0.3) is 0 Å². The van der Waals surface area contributed by atoms with Gasteiger partial charge < -0.3 is 4.74 Å². The maximum atomic E-state index is 6.01. The summed E-state index contributed by atoms with van der Waals surface area (Å²) in [5.41, 5.74) is 1.07. The molecule has 0 atom stereocenters. The van der Waals surface area contributed by atoms with Crippen molar-refractivity contribution < 1.29 is 4.74 Å². The van der Waals surface area contributed by atoms with Crippen LogP contribution in [0, 0.1) is 0 Å². The predicted molar refractivity (Wildman–Crippen MR) is 74.9 cm³/mol. The van der Waals surface area contributed by atoms with Crippen molar-refractivity contribution in [3.8, 4) is 5.75 Å². The highest BCUT2D eigenvalue weighted by molar-refractivity contribution is 9.10. The summed E-state index contributed by atoms with van der Waals surface area (Å²) >= 11 is 15.3. The molecule has 0 saturated heterocycles.